The van der Waals surface area contributed by atoms with Crippen molar-refractivity contribution in [3.05, 3.63) is 35.4 Å². The Morgan fingerprint density at radius 2 is 1.88 bits per heavy atom. The fourth-order valence-electron chi connectivity index (χ4n) is 1.81. The largest absolute Gasteiger partial charge is 0.385 e. The number of hydrazine groups is 1. The smallest absolute Gasteiger partial charge is 0.126 e. The fourth-order valence-corrected chi connectivity index (χ4v) is 1.81. The van der Waals surface area contributed by atoms with Gasteiger partial charge in [-0.2, -0.15) is 0 Å². The van der Waals surface area contributed by atoms with Crippen LogP contribution in [0.25, 0.3) is 0 Å². The SMILES string of the molecule is COCCC(C)C(NN)c1cc(F)cc(F)c1. The van der Waals surface area contributed by atoms with Crippen molar-refractivity contribution in [1.29, 1.82) is 0 Å². The Balaban J connectivity index is 2.84. The number of ether oxygens (including phenoxy) is 1. The van der Waals surface area contributed by atoms with Gasteiger partial charge < -0.3 is 4.74 Å². The molecule has 0 bridgehead atoms. The molecule has 96 valence electrons. The summed E-state index contributed by atoms with van der Waals surface area (Å²) < 4.78 is 31.2. The normalized spacial score (nSPS) is 14.6. The van der Waals surface area contributed by atoms with Gasteiger partial charge in [0, 0.05) is 25.8 Å². The zero-order valence-corrected chi connectivity index (χ0v) is 10.0. The van der Waals surface area contributed by atoms with Crippen LogP contribution in [0.2, 0.25) is 0 Å². The van der Waals surface area contributed by atoms with Gasteiger partial charge in [0.15, 0.2) is 0 Å². The van der Waals surface area contributed by atoms with Crippen molar-refractivity contribution in [2.24, 2.45) is 11.8 Å². The van der Waals surface area contributed by atoms with Crippen LogP contribution >= 0.6 is 0 Å². The highest BCUT2D eigenvalue weighted by Gasteiger charge is 2.19. The number of hydrogen-bond donors (Lipinski definition) is 2. The quantitative estimate of drug-likeness (QED) is 0.595. The number of nitrogens with one attached hydrogen (secondary N) is 1. The summed E-state index contributed by atoms with van der Waals surface area (Å²) in [5.41, 5.74) is 3.10. The molecule has 0 aliphatic rings. The summed E-state index contributed by atoms with van der Waals surface area (Å²) in [6.45, 7) is 2.53. The van der Waals surface area contributed by atoms with E-state index in [1.807, 2.05) is 6.92 Å². The number of nitrogens with two attached hydrogens (primary N) is 1. The standard InChI is InChI=1S/C12H18F2N2O/c1-8(3-4-17-2)12(16-15)9-5-10(13)7-11(14)6-9/h5-8,12,16H,3-4,15H2,1-2H3. The topological polar surface area (TPSA) is 47.3 Å². The van der Waals surface area contributed by atoms with Crippen LogP contribution in [-0.4, -0.2) is 13.7 Å². The molecule has 1 rings (SSSR count). The maximum absolute atomic E-state index is 13.1. The van der Waals surface area contributed by atoms with E-state index in [-0.39, 0.29) is 12.0 Å². The van der Waals surface area contributed by atoms with E-state index < -0.39 is 11.6 Å². The third kappa shape index (κ3) is 4.03. The van der Waals surface area contributed by atoms with Crippen molar-refractivity contribution >= 4 is 0 Å². The minimum atomic E-state index is -0.598. The van der Waals surface area contributed by atoms with E-state index >= 15 is 0 Å². The second-order valence-corrected chi connectivity index (χ2v) is 4.11. The van der Waals surface area contributed by atoms with Crippen molar-refractivity contribution in [1.82, 2.24) is 5.43 Å². The van der Waals surface area contributed by atoms with Crippen molar-refractivity contribution < 1.29 is 13.5 Å². The van der Waals surface area contributed by atoms with Crippen LogP contribution in [0.5, 0.6) is 0 Å². The van der Waals surface area contributed by atoms with E-state index in [1.165, 1.54) is 12.1 Å². The van der Waals surface area contributed by atoms with Gasteiger partial charge in [0.25, 0.3) is 0 Å². The van der Waals surface area contributed by atoms with Crippen molar-refractivity contribution in [3.63, 3.8) is 0 Å². The fraction of sp³-hybridized carbons (Fsp3) is 0.500. The molecule has 0 heterocycles. The lowest BCUT2D eigenvalue weighted by Crippen LogP contribution is -2.33. The third-order valence-corrected chi connectivity index (χ3v) is 2.77. The van der Waals surface area contributed by atoms with E-state index in [4.69, 9.17) is 10.6 Å². The average molecular weight is 244 g/mol. The van der Waals surface area contributed by atoms with E-state index in [1.54, 1.807) is 7.11 Å². The van der Waals surface area contributed by atoms with Crippen LogP contribution in [-0.2, 0) is 4.74 Å². The summed E-state index contributed by atoms with van der Waals surface area (Å²) in [6.07, 6.45) is 0.753. The highest BCUT2D eigenvalue weighted by atomic mass is 19.1. The molecule has 0 saturated heterocycles. The first-order chi connectivity index (χ1) is 8.08. The predicted molar refractivity (Wildman–Crippen MR) is 62.1 cm³/mol. The van der Waals surface area contributed by atoms with Gasteiger partial charge in [-0.3, -0.25) is 11.3 Å². The monoisotopic (exact) mass is 244 g/mol. The lowest BCUT2D eigenvalue weighted by atomic mass is 9.92. The van der Waals surface area contributed by atoms with Crippen molar-refractivity contribution in [2.45, 2.75) is 19.4 Å². The Bertz CT molecular complexity index is 340. The van der Waals surface area contributed by atoms with Crippen LogP contribution in [0.4, 0.5) is 8.78 Å². The highest BCUT2D eigenvalue weighted by molar-refractivity contribution is 5.21. The lowest BCUT2D eigenvalue weighted by Gasteiger charge is -2.23. The summed E-state index contributed by atoms with van der Waals surface area (Å²) in [5.74, 6) is 4.36. The molecule has 1 aromatic carbocycles. The first-order valence-electron chi connectivity index (χ1n) is 5.49. The molecule has 0 aromatic heterocycles. The summed E-state index contributed by atoms with van der Waals surface area (Å²) in [7, 11) is 1.61. The molecule has 0 spiro atoms. The molecule has 0 aliphatic heterocycles. The molecule has 17 heavy (non-hydrogen) atoms. The van der Waals surface area contributed by atoms with Crippen LogP contribution in [0.3, 0.4) is 0 Å². The van der Waals surface area contributed by atoms with Crippen LogP contribution in [0.15, 0.2) is 18.2 Å². The maximum Gasteiger partial charge on any atom is 0.126 e. The van der Waals surface area contributed by atoms with Gasteiger partial charge in [0.05, 0.1) is 0 Å². The number of hydrogen-bond acceptors (Lipinski definition) is 3. The Morgan fingerprint density at radius 3 is 2.35 bits per heavy atom. The van der Waals surface area contributed by atoms with Gasteiger partial charge in [-0.1, -0.05) is 6.92 Å². The van der Waals surface area contributed by atoms with Gasteiger partial charge in [0.1, 0.15) is 11.6 Å². The molecular formula is C12H18F2N2O. The van der Waals surface area contributed by atoms with Crippen LogP contribution < -0.4 is 11.3 Å². The minimum Gasteiger partial charge on any atom is -0.385 e. The number of halogens is 2. The Morgan fingerprint density at radius 1 is 1.29 bits per heavy atom. The number of rotatable bonds is 6. The van der Waals surface area contributed by atoms with Crippen LogP contribution in [0.1, 0.15) is 24.9 Å². The Hall–Kier alpha value is -1.04. The minimum absolute atomic E-state index is 0.112. The molecule has 1 aromatic rings. The first-order valence-corrected chi connectivity index (χ1v) is 5.49. The van der Waals surface area contributed by atoms with Crippen molar-refractivity contribution in [3.8, 4) is 0 Å². The Labute approximate surface area is 99.9 Å². The maximum atomic E-state index is 13.1. The second-order valence-electron chi connectivity index (χ2n) is 4.11. The molecule has 5 heteroatoms. The van der Waals surface area contributed by atoms with E-state index in [2.05, 4.69) is 5.43 Å². The van der Waals surface area contributed by atoms with Crippen molar-refractivity contribution in [2.75, 3.05) is 13.7 Å². The molecule has 0 amide bonds. The predicted octanol–water partition coefficient (Wildman–Crippen LogP) is 2.14. The second kappa shape index (κ2) is 6.64. The average Bonchev–Trinajstić information content (AvgIpc) is 2.26. The van der Waals surface area contributed by atoms with Gasteiger partial charge in [-0.25, -0.2) is 8.78 Å². The van der Waals surface area contributed by atoms with Crippen LogP contribution in [0, 0.1) is 17.6 Å². The van der Waals surface area contributed by atoms with Gasteiger partial charge >= 0.3 is 0 Å². The van der Waals surface area contributed by atoms with E-state index in [0.29, 0.717) is 12.2 Å². The summed E-state index contributed by atoms with van der Waals surface area (Å²) >= 11 is 0. The molecule has 0 radical (unpaired) electrons. The number of benzene rings is 1. The van der Waals surface area contributed by atoms with E-state index in [0.717, 1.165) is 12.5 Å². The zero-order chi connectivity index (χ0) is 12.8. The summed E-state index contributed by atoms with van der Waals surface area (Å²) in [4.78, 5) is 0. The molecular weight excluding hydrogens is 226 g/mol. The Kier molecular flexibility index (Phi) is 5.47. The van der Waals surface area contributed by atoms with Gasteiger partial charge in [0.2, 0.25) is 0 Å². The zero-order valence-electron chi connectivity index (χ0n) is 10.0. The molecule has 2 unspecified atom stereocenters. The molecule has 3 N–H and O–H groups in total. The van der Waals surface area contributed by atoms with Gasteiger partial charge in [-0.05, 0) is 30.0 Å². The molecule has 0 saturated carbocycles. The number of methoxy groups -OCH3 is 1. The summed E-state index contributed by atoms with van der Waals surface area (Å²) in [5, 5.41) is 0. The van der Waals surface area contributed by atoms with E-state index in [9.17, 15) is 8.78 Å². The first kappa shape index (κ1) is 14.0. The third-order valence-electron chi connectivity index (χ3n) is 2.77. The van der Waals surface area contributed by atoms with Gasteiger partial charge in [-0.15, -0.1) is 0 Å². The lowest BCUT2D eigenvalue weighted by molar-refractivity contribution is 0.170. The highest BCUT2D eigenvalue weighted by Crippen LogP contribution is 2.25. The molecule has 3 nitrogen and oxygen atoms in total. The summed E-state index contributed by atoms with van der Waals surface area (Å²) in [6, 6.07) is 3.13. The molecule has 0 fully saturated rings. The molecule has 2 atom stereocenters. The molecule has 0 aliphatic carbocycles.